The molecule has 5 heteroatoms. The summed E-state index contributed by atoms with van der Waals surface area (Å²) >= 11 is 3.25. The molecule has 0 aromatic heterocycles. The first-order valence-corrected chi connectivity index (χ1v) is 6.53. The van der Waals surface area contributed by atoms with Gasteiger partial charge in [-0.3, -0.25) is 0 Å². The van der Waals surface area contributed by atoms with Crippen LogP contribution in [-0.4, -0.2) is 19.3 Å². The van der Waals surface area contributed by atoms with Crippen molar-refractivity contribution >= 4 is 25.8 Å². The summed E-state index contributed by atoms with van der Waals surface area (Å²) in [5.74, 6) is -0.230. The van der Waals surface area contributed by atoms with Crippen molar-refractivity contribution in [2.75, 3.05) is 5.75 Å². The van der Waals surface area contributed by atoms with E-state index in [2.05, 4.69) is 15.9 Å². The highest BCUT2D eigenvalue weighted by Crippen LogP contribution is 2.38. The van der Waals surface area contributed by atoms with Crippen molar-refractivity contribution in [1.82, 2.24) is 0 Å². The maximum absolute atomic E-state index is 11.6. The molecule has 0 aliphatic carbocycles. The van der Waals surface area contributed by atoms with Crippen LogP contribution in [0.25, 0.3) is 0 Å². The second-order valence-corrected chi connectivity index (χ2v) is 6.55. The van der Waals surface area contributed by atoms with Crippen LogP contribution in [0, 0.1) is 0 Å². The molecule has 0 spiro atoms. The lowest BCUT2D eigenvalue weighted by atomic mass is 9.99. The molecule has 1 aliphatic heterocycles. The Morgan fingerprint density at radius 2 is 2.14 bits per heavy atom. The van der Waals surface area contributed by atoms with E-state index in [1.54, 1.807) is 12.1 Å². The lowest BCUT2D eigenvalue weighted by Crippen LogP contribution is -2.22. The van der Waals surface area contributed by atoms with Gasteiger partial charge in [0, 0.05) is 10.0 Å². The van der Waals surface area contributed by atoms with Gasteiger partial charge in [-0.05, 0) is 25.1 Å². The van der Waals surface area contributed by atoms with Gasteiger partial charge in [0.15, 0.2) is 9.84 Å². The molecule has 2 rings (SSSR count). The Kier molecular flexibility index (Phi) is 2.03. The van der Waals surface area contributed by atoms with E-state index in [1.807, 2.05) is 0 Å². The number of sulfone groups is 1. The van der Waals surface area contributed by atoms with Crippen LogP contribution in [0.1, 0.15) is 12.5 Å². The fourth-order valence-electron chi connectivity index (χ4n) is 1.72. The molecular weight excluding hydrogens is 268 g/mol. The Morgan fingerprint density at radius 3 is 2.79 bits per heavy atom. The molecule has 1 atom stereocenters. The maximum atomic E-state index is 11.6. The minimum absolute atomic E-state index is 0.230. The number of halogens is 1. The minimum atomic E-state index is -3.30. The molecule has 1 N–H and O–H groups in total. The average Bonchev–Trinajstić information content (AvgIpc) is 2.17. The molecule has 1 heterocycles. The van der Waals surface area contributed by atoms with Crippen molar-refractivity contribution in [3.05, 3.63) is 28.2 Å². The fraction of sp³-hybridized carbons (Fsp3) is 0.333. The third-order valence-electron chi connectivity index (χ3n) is 2.33. The summed E-state index contributed by atoms with van der Waals surface area (Å²) in [5.41, 5.74) is -0.787. The molecule has 1 aromatic carbocycles. The van der Waals surface area contributed by atoms with Gasteiger partial charge >= 0.3 is 0 Å². The predicted octanol–water partition coefficient (Wildman–Crippen LogP) is 1.44. The van der Waals surface area contributed by atoms with E-state index in [4.69, 9.17) is 0 Å². The van der Waals surface area contributed by atoms with Crippen LogP contribution < -0.4 is 0 Å². The molecule has 0 fully saturated rings. The van der Waals surface area contributed by atoms with E-state index in [9.17, 15) is 13.5 Å². The molecule has 0 radical (unpaired) electrons. The van der Waals surface area contributed by atoms with Crippen molar-refractivity contribution in [1.29, 1.82) is 0 Å². The van der Waals surface area contributed by atoms with Crippen molar-refractivity contribution in [2.24, 2.45) is 0 Å². The Labute approximate surface area is 90.8 Å². The van der Waals surface area contributed by atoms with Gasteiger partial charge in [0.25, 0.3) is 0 Å². The van der Waals surface area contributed by atoms with Gasteiger partial charge in [-0.2, -0.15) is 0 Å². The number of rotatable bonds is 0. The van der Waals surface area contributed by atoms with Gasteiger partial charge in [-0.15, -0.1) is 0 Å². The number of hydrogen-bond acceptors (Lipinski definition) is 3. The molecule has 1 unspecified atom stereocenters. The molecule has 76 valence electrons. The van der Waals surface area contributed by atoms with Gasteiger partial charge in [0.05, 0.1) is 10.6 Å². The molecule has 0 amide bonds. The number of fused-ring (bicyclic) bond motifs is 1. The molecule has 1 aromatic rings. The van der Waals surface area contributed by atoms with Crippen molar-refractivity contribution in [2.45, 2.75) is 17.4 Å². The van der Waals surface area contributed by atoms with Crippen molar-refractivity contribution in [3.63, 3.8) is 0 Å². The van der Waals surface area contributed by atoms with Crippen LogP contribution in [-0.2, 0) is 15.4 Å². The zero-order chi connectivity index (χ0) is 10.6. The first-order valence-electron chi connectivity index (χ1n) is 4.08. The average molecular weight is 277 g/mol. The third kappa shape index (κ3) is 1.39. The Bertz CT molecular complexity index is 491. The summed E-state index contributed by atoms with van der Waals surface area (Å²) < 4.78 is 24.0. The lowest BCUT2D eigenvalue weighted by molar-refractivity contribution is 0.0842. The third-order valence-corrected chi connectivity index (χ3v) is 4.79. The van der Waals surface area contributed by atoms with Gasteiger partial charge < -0.3 is 5.11 Å². The second-order valence-electron chi connectivity index (χ2n) is 3.67. The standard InChI is InChI=1S/C9H9BrO3S/c1-9(11)5-14(12,13)8-3-2-6(10)4-7(8)9/h2-4,11H,5H2,1H3. The molecule has 14 heavy (non-hydrogen) atoms. The molecule has 0 saturated carbocycles. The normalized spacial score (nSPS) is 28.8. The van der Waals surface area contributed by atoms with Crippen LogP contribution in [0.15, 0.2) is 27.6 Å². The van der Waals surface area contributed by atoms with Crippen LogP contribution in [0.3, 0.4) is 0 Å². The van der Waals surface area contributed by atoms with Crippen LogP contribution in [0.2, 0.25) is 0 Å². The first kappa shape index (κ1) is 10.1. The monoisotopic (exact) mass is 276 g/mol. The topological polar surface area (TPSA) is 54.4 Å². The van der Waals surface area contributed by atoms with E-state index in [0.717, 1.165) is 4.47 Å². The van der Waals surface area contributed by atoms with E-state index in [-0.39, 0.29) is 10.6 Å². The number of hydrogen-bond donors (Lipinski definition) is 1. The summed E-state index contributed by atoms with van der Waals surface area (Å²) in [6, 6.07) is 4.84. The van der Waals surface area contributed by atoms with Crippen molar-refractivity contribution in [3.8, 4) is 0 Å². The smallest absolute Gasteiger partial charge is 0.181 e. The van der Waals surface area contributed by atoms with E-state index < -0.39 is 15.4 Å². The molecule has 0 saturated heterocycles. The van der Waals surface area contributed by atoms with Crippen LogP contribution in [0.4, 0.5) is 0 Å². The highest BCUT2D eigenvalue weighted by molar-refractivity contribution is 9.10. The second kappa shape index (κ2) is 2.81. The quantitative estimate of drug-likeness (QED) is 0.780. The minimum Gasteiger partial charge on any atom is -0.384 e. The molecule has 3 nitrogen and oxygen atoms in total. The van der Waals surface area contributed by atoms with E-state index in [1.165, 1.54) is 13.0 Å². The predicted molar refractivity (Wildman–Crippen MR) is 55.8 cm³/mol. The highest BCUT2D eigenvalue weighted by Gasteiger charge is 2.42. The molecule has 0 bridgehead atoms. The van der Waals surface area contributed by atoms with Crippen LogP contribution >= 0.6 is 15.9 Å². The number of benzene rings is 1. The van der Waals surface area contributed by atoms with E-state index in [0.29, 0.717) is 5.56 Å². The summed E-state index contributed by atoms with van der Waals surface area (Å²) in [5, 5.41) is 9.91. The summed E-state index contributed by atoms with van der Waals surface area (Å²) in [6.45, 7) is 1.52. The van der Waals surface area contributed by atoms with Gasteiger partial charge in [0.2, 0.25) is 0 Å². The first-order chi connectivity index (χ1) is 6.33. The largest absolute Gasteiger partial charge is 0.384 e. The Morgan fingerprint density at radius 1 is 1.50 bits per heavy atom. The van der Waals surface area contributed by atoms with Gasteiger partial charge in [-0.1, -0.05) is 15.9 Å². The fourth-order valence-corrected chi connectivity index (χ4v) is 4.02. The molecule has 1 aliphatic rings. The SMILES string of the molecule is CC1(O)CS(=O)(=O)c2ccc(Br)cc21. The zero-order valence-corrected chi connectivity index (χ0v) is 9.89. The zero-order valence-electron chi connectivity index (χ0n) is 7.49. The van der Waals surface area contributed by atoms with E-state index >= 15 is 0 Å². The van der Waals surface area contributed by atoms with Crippen LogP contribution in [0.5, 0.6) is 0 Å². The van der Waals surface area contributed by atoms with Gasteiger partial charge in [0.1, 0.15) is 5.60 Å². The van der Waals surface area contributed by atoms with Crippen molar-refractivity contribution < 1.29 is 13.5 Å². The maximum Gasteiger partial charge on any atom is 0.181 e. The Hall–Kier alpha value is -0.390. The molecular formula is C9H9BrO3S. The Balaban J connectivity index is 2.79. The van der Waals surface area contributed by atoms with Gasteiger partial charge in [-0.25, -0.2) is 8.42 Å². The summed E-state index contributed by atoms with van der Waals surface area (Å²) in [6.07, 6.45) is 0. The number of aliphatic hydroxyl groups is 1. The highest BCUT2D eigenvalue weighted by atomic mass is 79.9. The lowest BCUT2D eigenvalue weighted by Gasteiger charge is -2.15. The summed E-state index contributed by atoms with van der Waals surface area (Å²) in [7, 11) is -3.30. The summed E-state index contributed by atoms with van der Waals surface area (Å²) in [4.78, 5) is 0.241.